The lowest BCUT2D eigenvalue weighted by Crippen LogP contribution is -2.29. The van der Waals surface area contributed by atoms with Gasteiger partial charge >= 0.3 is 7.12 Å². The van der Waals surface area contributed by atoms with Crippen LogP contribution >= 0.6 is 0 Å². The van der Waals surface area contributed by atoms with Gasteiger partial charge in [0.1, 0.15) is 11.5 Å². The molecular weight excluding hydrogens is 215 g/mol. The second-order valence-electron chi connectivity index (χ2n) is 3.81. The molecule has 0 spiro atoms. The molecule has 0 radical (unpaired) electrons. The van der Waals surface area contributed by atoms with E-state index < -0.39 is 7.12 Å². The van der Waals surface area contributed by atoms with Gasteiger partial charge in [-0.3, -0.25) is 0 Å². The average molecular weight is 228 g/mol. The van der Waals surface area contributed by atoms with Crippen LogP contribution in [0.25, 0.3) is 0 Å². The standard InChI is InChI=1S/C13H13BO3/c1-10-4-2-3-5-13(10)17-12-8-6-11(7-9-12)14(15)16/h2-9,15-16H,1H3. The summed E-state index contributed by atoms with van der Waals surface area (Å²) in [7, 11) is -1.44. The Hall–Kier alpha value is -1.78. The highest BCUT2D eigenvalue weighted by Gasteiger charge is 2.10. The predicted octanol–water partition coefficient (Wildman–Crippen LogP) is 1.47. The quantitative estimate of drug-likeness (QED) is 0.782. The Balaban J connectivity index is 2.17. The van der Waals surface area contributed by atoms with Crippen molar-refractivity contribution in [3.8, 4) is 11.5 Å². The predicted molar refractivity (Wildman–Crippen MR) is 67.5 cm³/mol. The third-order valence-corrected chi connectivity index (χ3v) is 2.50. The molecule has 2 aromatic rings. The Morgan fingerprint density at radius 3 is 2.18 bits per heavy atom. The van der Waals surface area contributed by atoms with Crippen LogP contribution in [0.15, 0.2) is 48.5 Å². The topological polar surface area (TPSA) is 49.7 Å². The Kier molecular flexibility index (Phi) is 3.47. The number of aryl methyl sites for hydroxylation is 1. The second-order valence-corrected chi connectivity index (χ2v) is 3.81. The van der Waals surface area contributed by atoms with Crippen LogP contribution in [0, 0.1) is 6.92 Å². The minimum atomic E-state index is -1.44. The second kappa shape index (κ2) is 5.04. The molecule has 86 valence electrons. The van der Waals surface area contributed by atoms with Crippen molar-refractivity contribution in [2.45, 2.75) is 6.92 Å². The van der Waals surface area contributed by atoms with Crippen LogP contribution in [0.1, 0.15) is 5.56 Å². The van der Waals surface area contributed by atoms with Crippen molar-refractivity contribution in [3.63, 3.8) is 0 Å². The third kappa shape index (κ3) is 2.87. The van der Waals surface area contributed by atoms with E-state index in [1.807, 2.05) is 31.2 Å². The van der Waals surface area contributed by atoms with Crippen molar-refractivity contribution in [3.05, 3.63) is 54.1 Å². The monoisotopic (exact) mass is 228 g/mol. The summed E-state index contributed by atoms with van der Waals surface area (Å²) in [5.41, 5.74) is 1.50. The number of hydrogen-bond acceptors (Lipinski definition) is 3. The number of para-hydroxylation sites is 1. The summed E-state index contributed by atoms with van der Waals surface area (Å²) in [6, 6.07) is 14.4. The molecule has 2 rings (SSSR count). The normalized spacial score (nSPS) is 10.1. The first-order valence-corrected chi connectivity index (χ1v) is 5.36. The summed E-state index contributed by atoms with van der Waals surface area (Å²) in [5.74, 6) is 1.47. The maximum Gasteiger partial charge on any atom is 0.488 e. The Morgan fingerprint density at radius 1 is 0.941 bits per heavy atom. The number of hydrogen-bond donors (Lipinski definition) is 2. The lowest BCUT2D eigenvalue weighted by Gasteiger charge is -2.08. The maximum atomic E-state index is 8.96. The zero-order valence-electron chi connectivity index (χ0n) is 9.50. The van der Waals surface area contributed by atoms with Gasteiger partial charge in [0.05, 0.1) is 0 Å². The summed E-state index contributed by atoms with van der Waals surface area (Å²) in [5, 5.41) is 17.9. The van der Waals surface area contributed by atoms with Crippen molar-refractivity contribution in [2.75, 3.05) is 0 Å². The van der Waals surface area contributed by atoms with Crippen LogP contribution in [0.4, 0.5) is 0 Å². The first-order chi connectivity index (χ1) is 8.16. The molecule has 0 aliphatic rings. The Morgan fingerprint density at radius 2 is 1.59 bits per heavy atom. The van der Waals surface area contributed by atoms with Crippen molar-refractivity contribution in [1.29, 1.82) is 0 Å². The van der Waals surface area contributed by atoms with Crippen LogP contribution < -0.4 is 10.2 Å². The molecule has 17 heavy (non-hydrogen) atoms. The van der Waals surface area contributed by atoms with E-state index in [0.717, 1.165) is 11.3 Å². The molecule has 0 aliphatic heterocycles. The van der Waals surface area contributed by atoms with E-state index >= 15 is 0 Å². The molecule has 0 atom stereocenters. The molecule has 0 bridgehead atoms. The maximum absolute atomic E-state index is 8.96. The Bertz CT molecular complexity index is 494. The number of benzene rings is 2. The first kappa shape index (κ1) is 11.7. The van der Waals surface area contributed by atoms with Crippen molar-refractivity contribution in [2.24, 2.45) is 0 Å². The summed E-state index contributed by atoms with van der Waals surface area (Å²) >= 11 is 0. The molecule has 0 aromatic heterocycles. The SMILES string of the molecule is Cc1ccccc1Oc1ccc(B(O)O)cc1. The molecule has 0 amide bonds. The zero-order valence-corrected chi connectivity index (χ0v) is 9.50. The lowest BCUT2D eigenvalue weighted by molar-refractivity contribution is 0.425. The van der Waals surface area contributed by atoms with Gasteiger partial charge in [0.2, 0.25) is 0 Å². The van der Waals surface area contributed by atoms with Crippen LogP contribution in [0.2, 0.25) is 0 Å². The van der Waals surface area contributed by atoms with Gasteiger partial charge in [0.25, 0.3) is 0 Å². The summed E-state index contributed by atoms with van der Waals surface area (Å²) in [4.78, 5) is 0. The third-order valence-electron chi connectivity index (χ3n) is 2.50. The molecule has 0 unspecified atom stereocenters. The molecule has 0 heterocycles. The Labute approximate surface area is 100 Å². The molecular formula is C13H13BO3. The van der Waals surface area contributed by atoms with Crippen LogP contribution in [-0.4, -0.2) is 17.2 Å². The summed E-state index contributed by atoms with van der Waals surface area (Å²) in [6.07, 6.45) is 0. The van der Waals surface area contributed by atoms with Crippen molar-refractivity contribution >= 4 is 12.6 Å². The molecule has 0 saturated carbocycles. The minimum absolute atomic E-state index is 0.446. The van der Waals surface area contributed by atoms with Gasteiger partial charge in [-0.25, -0.2) is 0 Å². The van der Waals surface area contributed by atoms with E-state index in [1.165, 1.54) is 0 Å². The van der Waals surface area contributed by atoms with Gasteiger partial charge in [0, 0.05) is 0 Å². The van der Waals surface area contributed by atoms with Crippen molar-refractivity contribution in [1.82, 2.24) is 0 Å². The highest BCUT2D eigenvalue weighted by Crippen LogP contribution is 2.23. The van der Waals surface area contributed by atoms with Gasteiger partial charge in [-0.1, -0.05) is 30.3 Å². The molecule has 4 heteroatoms. The minimum Gasteiger partial charge on any atom is -0.457 e. The fraction of sp³-hybridized carbons (Fsp3) is 0.0769. The molecule has 0 saturated heterocycles. The fourth-order valence-electron chi connectivity index (χ4n) is 1.51. The van der Waals surface area contributed by atoms with Crippen LogP contribution in [-0.2, 0) is 0 Å². The van der Waals surface area contributed by atoms with Gasteiger partial charge < -0.3 is 14.8 Å². The van der Waals surface area contributed by atoms with Gasteiger partial charge in [0.15, 0.2) is 0 Å². The number of ether oxygens (including phenoxy) is 1. The van der Waals surface area contributed by atoms with Crippen molar-refractivity contribution < 1.29 is 14.8 Å². The van der Waals surface area contributed by atoms with Crippen LogP contribution in [0.3, 0.4) is 0 Å². The highest BCUT2D eigenvalue weighted by molar-refractivity contribution is 6.58. The fourth-order valence-corrected chi connectivity index (χ4v) is 1.51. The molecule has 0 fully saturated rings. The first-order valence-electron chi connectivity index (χ1n) is 5.36. The van der Waals surface area contributed by atoms with Gasteiger partial charge in [-0.05, 0) is 36.1 Å². The molecule has 0 aliphatic carbocycles. The average Bonchev–Trinajstić information content (AvgIpc) is 2.33. The van der Waals surface area contributed by atoms with E-state index in [0.29, 0.717) is 11.2 Å². The van der Waals surface area contributed by atoms with E-state index in [4.69, 9.17) is 14.8 Å². The summed E-state index contributed by atoms with van der Waals surface area (Å²) < 4.78 is 5.68. The summed E-state index contributed by atoms with van der Waals surface area (Å²) in [6.45, 7) is 1.97. The van der Waals surface area contributed by atoms with Crippen LogP contribution in [0.5, 0.6) is 11.5 Å². The smallest absolute Gasteiger partial charge is 0.457 e. The van der Waals surface area contributed by atoms with Gasteiger partial charge in [-0.2, -0.15) is 0 Å². The molecule has 3 nitrogen and oxygen atoms in total. The molecule has 2 aromatic carbocycles. The highest BCUT2D eigenvalue weighted by atomic mass is 16.5. The van der Waals surface area contributed by atoms with E-state index in [1.54, 1.807) is 24.3 Å². The van der Waals surface area contributed by atoms with E-state index in [-0.39, 0.29) is 0 Å². The molecule has 2 N–H and O–H groups in total. The largest absolute Gasteiger partial charge is 0.488 e. The van der Waals surface area contributed by atoms with E-state index in [9.17, 15) is 0 Å². The van der Waals surface area contributed by atoms with Gasteiger partial charge in [-0.15, -0.1) is 0 Å². The van der Waals surface area contributed by atoms with E-state index in [2.05, 4.69) is 0 Å². The number of rotatable bonds is 3. The zero-order chi connectivity index (χ0) is 12.3. The lowest BCUT2D eigenvalue weighted by atomic mass is 9.80.